The number of thioether (sulfide) groups is 1. The molecule has 10 nitrogen and oxygen atoms in total. The number of aliphatic hydroxyl groups excluding tert-OH is 1. The molecule has 6 rings (SSSR count). The van der Waals surface area contributed by atoms with E-state index in [-0.39, 0.29) is 55.3 Å². The van der Waals surface area contributed by atoms with E-state index < -0.39 is 5.79 Å². The van der Waals surface area contributed by atoms with Crippen LogP contribution in [-0.4, -0.2) is 79.2 Å². The first kappa shape index (κ1) is 27.2. The van der Waals surface area contributed by atoms with Gasteiger partial charge in [0.2, 0.25) is 0 Å². The number of nitrogens with zero attached hydrogens (tertiary/aromatic N) is 5. The number of halogens is 1. The molecule has 2 aliphatic carbocycles. The molecule has 3 aromatic rings. The van der Waals surface area contributed by atoms with Crippen LogP contribution in [-0.2, 0) is 14.2 Å². The molecule has 0 amide bonds. The molecule has 3 aliphatic rings. The van der Waals surface area contributed by atoms with Crippen LogP contribution in [0.5, 0.6) is 0 Å². The molecule has 1 aliphatic heterocycles. The van der Waals surface area contributed by atoms with E-state index in [1.54, 1.807) is 23.9 Å². The van der Waals surface area contributed by atoms with Crippen molar-refractivity contribution in [2.75, 3.05) is 24.3 Å². The Bertz CT molecular complexity index is 1360. The van der Waals surface area contributed by atoms with E-state index in [0.29, 0.717) is 33.9 Å². The number of fused-ring (bicyclic) bond motifs is 2. The van der Waals surface area contributed by atoms with Crippen LogP contribution >= 0.6 is 21.0 Å². The quantitative estimate of drug-likeness (QED) is 0.212. The van der Waals surface area contributed by atoms with E-state index in [4.69, 9.17) is 24.2 Å². The smallest absolute Gasteiger partial charge is 0.191 e. The zero-order valence-electron chi connectivity index (χ0n) is 22.2. The summed E-state index contributed by atoms with van der Waals surface area (Å²) >= 11 is 1.59. The molecule has 39 heavy (non-hydrogen) atoms. The van der Waals surface area contributed by atoms with Crippen molar-refractivity contribution in [3.8, 4) is 0 Å². The minimum atomic E-state index is -0.760. The molecule has 1 saturated heterocycles. The van der Waals surface area contributed by atoms with Crippen molar-refractivity contribution in [2.45, 2.75) is 87.3 Å². The predicted molar refractivity (Wildman–Crippen MR) is 149 cm³/mol. The average molecular weight is 577 g/mol. The second-order valence-corrected chi connectivity index (χ2v) is 12.5. The third-order valence-electron chi connectivity index (χ3n) is 7.42. The first-order valence-electron chi connectivity index (χ1n) is 13.4. The molecule has 2 N–H and O–H groups in total. The Kier molecular flexibility index (Phi) is 7.54. The van der Waals surface area contributed by atoms with Gasteiger partial charge in [0, 0.05) is 29.4 Å². The van der Waals surface area contributed by atoms with E-state index >= 15 is 0 Å². The van der Waals surface area contributed by atoms with Gasteiger partial charge < -0.3 is 24.6 Å². The topological polar surface area (TPSA) is 116 Å². The fourth-order valence-electron chi connectivity index (χ4n) is 5.58. The summed E-state index contributed by atoms with van der Waals surface area (Å²) in [7, 11) is 2.42. The number of aromatic nitrogens is 5. The van der Waals surface area contributed by atoms with Gasteiger partial charge in [-0.15, -0.1) is 14.3 Å². The molecule has 1 unspecified atom stereocenters. The van der Waals surface area contributed by atoms with E-state index in [0.717, 1.165) is 24.2 Å². The van der Waals surface area contributed by atoms with Crippen molar-refractivity contribution in [3.05, 3.63) is 29.6 Å². The number of rotatable bonds is 10. The summed E-state index contributed by atoms with van der Waals surface area (Å²) in [5.74, 6) is 0.737. The lowest BCUT2D eigenvalue weighted by Crippen LogP contribution is -2.31. The lowest BCUT2D eigenvalue weighted by Gasteiger charge is -2.23. The molecule has 1 aromatic carbocycles. The minimum Gasteiger partial charge on any atom is -0.394 e. The van der Waals surface area contributed by atoms with Crippen LogP contribution in [0.3, 0.4) is 0 Å². The highest BCUT2D eigenvalue weighted by Gasteiger charge is 2.56. The summed E-state index contributed by atoms with van der Waals surface area (Å²) < 4.78 is 34.4. The van der Waals surface area contributed by atoms with Crippen molar-refractivity contribution in [3.63, 3.8) is 0 Å². The zero-order chi connectivity index (χ0) is 27.3. The fraction of sp³-hybridized carbons (Fsp3) is 0.615. The molecule has 3 fully saturated rings. The van der Waals surface area contributed by atoms with Gasteiger partial charge in [-0.05, 0) is 38.3 Å². The lowest BCUT2D eigenvalue weighted by molar-refractivity contribution is -0.171. The molecule has 7 atom stereocenters. The molecule has 13 heteroatoms. The maximum atomic E-state index is 14.2. The molecule has 2 saturated carbocycles. The van der Waals surface area contributed by atoms with Gasteiger partial charge in [0.25, 0.3) is 0 Å². The average Bonchev–Trinajstić information content (AvgIpc) is 3.24. The number of hydrogen-bond acceptors (Lipinski definition) is 10. The molecular formula is C26H34FN6O4PS. The third-order valence-corrected chi connectivity index (χ3v) is 8.95. The van der Waals surface area contributed by atoms with Crippen LogP contribution in [0.4, 0.5) is 10.2 Å². The second kappa shape index (κ2) is 10.8. The maximum Gasteiger partial charge on any atom is 0.191 e. The van der Waals surface area contributed by atoms with Gasteiger partial charge >= 0.3 is 0 Å². The van der Waals surface area contributed by atoms with Gasteiger partial charge in [-0.2, -0.15) is 0 Å². The Balaban J connectivity index is 1.31. The Morgan fingerprint density at radius 2 is 2.08 bits per heavy atom. The number of hydrogen-bond donors (Lipinski definition) is 2. The van der Waals surface area contributed by atoms with E-state index in [9.17, 15) is 9.50 Å². The molecule has 2 aromatic heterocycles. The highest BCUT2D eigenvalue weighted by atomic mass is 32.2. The van der Waals surface area contributed by atoms with Crippen LogP contribution in [0.1, 0.15) is 57.6 Å². The molecule has 210 valence electrons. The number of anilines is 1. The second-order valence-electron chi connectivity index (χ2n) is 10.8. The van der Waals surface area contributed by atoms with Crippen molar-refractivity contribution in [2.24, 2.45) is 0 Å². The van der Waals surface area contributed by atoms with Gasteiger partial charge in [0.15, 0.2) is 27.9 Å². The van der Waals surface area contributed by atoms with Crippen molar-refractivity contribution >= 4 is 43.3 Å². The highest BCUT2D eigenvalue weighted by Crippen LogP contribution is 2.46. The maximum absolute atomic E-state index is 14.2. The van der Waals surface area contributed by atoms with Gasteiger partial charge in [-0.1, -0.05) is 36.0 Å². The summed E-state index contributed by atoms with van der Waals surface area (Å²) in [5.41, 5.74) is 2.18. The van der Waals surface area contributed by atoms with Gasteiger partial charge in [0.1, 0.15) is 18.0 Å². The van der Waals surface area contributed by atoms with Crippen LogP contribution < -0.4 is 10.6 Å². The molecule has 3 heterocycles. The monoisotopic (exact) mass is 576 g/mol. The molecule has 0 radical (unpaired) electrons. The first-order chi connectivity index (χ1) is 18.8. The molecule has 0 spiro atoms. The van der Waals surface area contributed by atoms with Crippen LogP contribution in [0.25, 0.3) is 11.2 Å². The van der Waals surface area contributed by atoms with Gasteiger partial charge in [0.05, 0.1) is 25.4 Å². The summed E-state index contributed by atoms with van der Waals surface area (Å²) in [4.78, 5) is 9.66. The number of aliphatic hydroxyl groups is 1. The molecular weight excluding hydrogens is 542 g/mol. The van der Waals surface area contributed by atoms with Crippen LogP contribution in [0.2, 0.25) is 0 Å². The standard InChI is InChI=1S/C26H34FN6O4PS/c1-4-9-39-25-29-23(28-16-11-14(16)13-5-6-19(38)15(27)10-13)20-24(30-25)33(32-31-20)17-12-18(35-8-7-34)22-21(17)36-26(2,3)37-22/h5-6,10,14,16-18,21-22,34H,4,7-9,11-12,38H2,1-3H3,(H,28,29,30)/t14-,16+,17+,18-,21-,22+/m0/s1. The zero-order valence-corrected chi connectivity index (χ0v) is 24.2. The Labute approximate surface area is 233 Å². The molecule has 0 bridgehead atoms. The van der Waals surface area contributed by atoms with Crippen molar-refractivity contribution < 1.29 is 23.7 Å². The van der Waals surface area contributed by atoms with Gasteiger partial charge in [-0.3, -0.25) is 0 Å². The summed E-state index contributed by atoms with van der Waals surface area (Å²) in [6.07, 6.45) is 1.63. The van der Waals surface area contributed by atoms with Crippen molar-refractivity contribution in [1.82, 2.24) is 25.0 Å². The Morgan fingerprint density at radius 3 is 2.85 bits per heavy atom. The summed E-state index contributed by atoms with van der Waals surface area (Å²) in [5, 5.41) is 23.1. The first-order valence-corrected chi connectivity index (χ1v) is 15.0. The third kappa shape index (κ3) is 5.39. The minimum absolute atomic E-state index is 0.0638. The SMILES string of the molecule is CCCSc1nc(N[C@@H]2C[C@H]2c2ccc(P)c(F)c2)c2nnn([C@@H]3C[C@H](OCCO)[C@H]4OC(C)(C)O[C@H]43)c2n1. The van der Waals surface area contributed by atoms with Crippen LogP contribution in [0.15, 0.2) is 23.4 Å². The van der Waals surface area contributed by atoms with E-state index in [1.807, 2.05) is 24.6 Å². The lowest BCUT2D eigenvalue weighted by atomic mass is 10.1. The number of nitrogens with one attached hydrogen (secondary N) is 1. The largest absolute Gasteiger partial charge is 0.394 e. The Hall–Kier alpha value is -1.95. The summed E-state index contributed by atoms with van der Waals surface area (Å²) in [6, 6.07) is 5.29. The Morgan fingerprint density at radius 1 is 1.26 bits per heavy atom. The fourth-order valence-corrected chi connectivity index (χ4v) is 6.45. The number of benzene rings is 1. The van der Waals surface area contributed by atoms with Gasteiger partial charge in [-0.25, -0.2) is 19.0 Å². The van der Waals surface area contributed by atoms with Crippen molar-refractivity contribution in [1.29, 1.82) is 0 Å². The summed E-state index contributed by atoms with van der Waals surface area (Å²) in [6.45, 7) is 6.06. The van der Waals surface area contributed by atoms with E-state index in [1.165, 1.54) is 0 Å². The normalized spacial score (nSPS) is 29.2. The van der Waals surface area contributed by atoms with Crippen LogP contribution in [0, 0.1) is 5.82 Å². The predicted octanol–water partition coefficient (Wildman–Crippen LogP) is 3.17. The van der Waals surface area contributed by atoms with E-state index in [2.05, 4.69) is 31.8 Å². The highest BCUT2D eigenvalue weighted by molar-refractivity contribution is 7.99. The number of ether oxygens (including phenoxy) is 3.